The first-order valence-corrected chi connectivity index (χ1v) is 5.49. The number of urea groups is 1. The Balaban J connectivity index is 2.56. The summed E-state index contributed by atoms with van der Waals surface area (Å²) in [6, 6.07) is 8.28. The molecule has 0 spiro atoms. The van der Waals surface area contributed by atoms with Crippen molar-refractivity contribution in [2.45, 2.75) is 6.54 Å². The van der Waals surface area contributed by atoms with Gasteiger partial charge in [0.05, 0.1) is 0 Å². The van der Waals surface area contributed by atoms with E-state index in [2.05, 4.69) is 5.32 Å². The Bertz CT molecular complexity index is 444. The number of hydrogen-bond donors (Lipinski definition) is 3. The number of carboxylic acids is 2. The summed E-state index contributed by atoms with van der Waals surface area (Å²) >= 11 is 0. The minimum absolute atomic E-state index is 0.204. The summed E-state index contributed by atoms with van der Waals surface area (Å²) in [5.41, 5.74) is 0.835. The number of rotatable bonds is 6. The molecule has 1 aromatic carbocycles. The summed E-state index contributed by atoms with van der Waals surface area (Å²) in [7, 11) is 0. The molecule has 0 radical (unpaired) electrons. The van der Waals surface area contributed by atoms with Gasteiger partial charge in [-0.3, -0.25) is 9.59 Å². The van der Waals surface area contributed by atoms with Crippen LogP contribution in [0.15, 0.2) is 30.3 Å². The highest BCUT2D eigenvalue weighted by Gasteiger charge is 2.19. The molecule has 2 amide bonds. The number of benzene rings is 1. The molecule has 0 saturated heterocycles. The van der Waals surface area contributed by atoms with Gasteiger partial charge in [-0.2, -0.15) is 0 Å². The van der Waals surface area contributed by atoms with Crippen LogP contribution in [-0.2, 0) is 16.1 Å². The topological polar surface area (TPSA) is 107 Å². The van der Waals surface area contributed by atoms with Gasteiger partial charge in [-0.1, -0.05) is 30.3 Å². The second-order valence-corrected chi connectivity index (χ2v) is 3.79. The number of carboxylic acid groups (broad SMARTS) is 2. The van der Waals surface area contributed by atoms with Crippen LogP contribution in [0.3, 0.4) is 0 Å². The van der Waals surface area contributed by atoms with E-state index in [0.29, 0.717) is 4.90 Å². The fourth-order valence-corrected chi connectivity index (χ4v) is 1.41. The van der Waals surface area contributed by atoms with E-state index in [9.17, 15) is 14.4 Å². The van der Waals surface area contributed by atoms with E-state index in [-0.39, 0.29) is 6.54 Å². The largest absolute Gasteiger partial charge is 0.480 e. The van der Waals surface area contributed by atoms with Gasteiger partial charge in [0.25, 0.3) is 0 Å². The van der Waals surface area contributed by atoms with Crippen LogP contribution in [0.2, 0.25) is 0 Å². The molecule has 7 heteroatoms. The Morgan fingerprint density at radius 2 is 1.53 bits per heavy atom. The molecule has 19 heavy (non-hydrogen) atoms. The van der Waals surface area contributed by atoms with E-state index in [0.717, 1.165) is 5.56 Å². The summed E-state index contributed by atoms with van der Waals surface area (Å²) < 4.78 is 0. The maximum Gasteiger partial charge on any atom is 0.323 e. The van der Waals surface area contributed by atoms with Crippen LogP contribution in [0.1, 0.15) is 5.56 Å². The minimum atomic E-state index is -1.27. The van der Waals surface area contributed by atoms with Crippen molar-refractivity contribution in [3.8, 4) is 0 Å². The molecule has 3 N–H and O–H groups in total. The van der Waals surface area contributed by atoms with Gasteiger partial charge in [0.1, 0.15) is 13.1 Å². The average Bonchev–Trinajstić information content (AvgIpc) is 2.35. The SMILES string of the molecule is O=C(O)CN(CC(=O)O)C(=O)NCc1ccccc1. The first-order valence-electron chi connectivity index (χ1n) is 5.49. The summed E-state index contributed by atoms with van der Waals surface area (Å²) in [5.74, 6) is -2.53. The first kappa shape index (κ1) is 14.5. The average molecular weight is 266 g/mol. The molecule has 0 heterocycles. The number of carbonyl (C=O) groups excluding carboxylic acids is 1. The van der Waals surface area contributed by atoms with Gasteiger partial charge < -0.3 is 20.4 Å². The van der Waals surface area contributed by atoms with Crippen LogP contribution in [0.25, 0.3) is 0 Å². The van der Waals surface area contributed by atoms with Gasteiger partial charge in [0.2, 0.25) is 0 Å². The normalized spacial score (nSPS) is 9.68. The highest BCUT2D eigenvalue weighted by Crippen LogP contribution is 1.98. The summed E-state index contributed by atoms with van der Waals surface area (Å²) in [4.78, 5) is 33.5. The zero-order valence-electron chi connectivity index (χ0n) is 10.1. The maximum atomic E-state index is 11.7. The third kappa shape index (κ3) is 5.53. The van der Waals surface area contributed by atoms with Crippen molar-refractivity contribution in [1.29, 1.82) is 0 Å². The van der Waals surface area contributed by atoms with Gasteiger partial charge in [-0.15, -0.1) is 0 Å². The second-order valence-electron chi connectivity index (χ2n) is 3.79. The van der Waals surface area contributed by atoms with Crippen molar-refractivity contribution in [2.24, 2.45) is 0 Å². The molecule has 0 aliphatic rings. The molecule has 0 saturated carbocycles. The third-order valence-electron chi connectivity index (χ3n) is 2.23. The van der Waals surface area contributed by atoms with Crippen LogP contribution in [0, 0.1) is 0 Å². The van der Waals surface area contributed by atoms with E-state index in [4.69, 9.17) is 10.2 Å². The lowest BCUT2D eigenvalue weighted by atomic mass is 10.2. The van der Waals surface area contributed by atoms with Crippen molar-refractivity contribution in [1.82, 2.24) is 10.2 Å². The fraction of sp³-hybridized carbons (Fsp3) is 0.250. The lowest BCUT2D eigenvalue weighted by Gasteiger charge is -2.19. The molecule has 102 valence electrons. The van der Waals surface area contributed by atoms with E-state index in [1.807, 2.05) is 6.07 Å². The Labute approximate surface area is 109 Å². The van der Waals surface area contributed by atoms with E-state index < -0.39 is 31.1 Å². The first-order chi connectivity index (χ1) is 8.99. The van der Waals surface area contributed by atoms with Crippen molar-refractivity contribution in [3.05, 3.63) is 35.9 Å². The second kappa shape index (κ2) is 7.00. The zero-order valence-corrected chi connectivity index (χ0v) is 10.1. The molecule has 7 nitrogen and oxygen atoms in total. The highest BCUT2D eigenvalue weighted by atomic mass is 16.4. The predicted molar refractivity (Wildman–Crippen MR) is 65.5 cm³/mol. The fourth-order valence-electron chi connectivity index (χ4n) is 1.41. The number of carbonyl (C=O) groups is 3. The van der Waals surface area contributed by atoms with Crippen molar-refractivity contribution in [2.75, 3.05) is 13.1 Å². The summed E-state index contributed by atoms with van der Waals surface area (Å²) in [6.45, 7) is -1.12. The van der Waals surface area contributed by atoms with Gasteiger partial charge >= 0.3 is 18.0 Å². The van der Waals surface area contributed by atoms with E-state index >= 15 is 0 Å². The molecule has 0 aliphatic heterocycles. The Morgan fingerprint density at radius 3 is 2.00 bits per heavy atom. The Morgan fingerprint density at radius 1 is 1.00 bits per heavy atom. The van der Waals surface area contributed by atoms with Gasteiger partial charge in [0, 0.05) is 6.54 Å². The minimum Gasteiger partial charge on any atom is -0.480 e. The lowest BCUT2D eigenvalue weighted by Crippen LogP contribution is -2.45. The Kier molecular flexibility index (Phi) is 5.34. The monoisotopic (exact) mass is 266 g/mol. The number of hydrogen-bond acceptors (Lipinski definition) is 3. The predicted octanol–water partition coefficient (Wildman–Crippen LogP) is 0.367. The smallest absolute Gasteiger partial charge is 0.323 e. The third-order valence-corrected chi connectivity index (χ3v) is 2.23. The molecule has 0 unspecified atom stereocenters. The molecule has 0 atom stereocenters. The van der Waals surface area contributed by atoms with Crippen molar-refractivity contribution >= 4 is 18.0 Å². The number of amides is 2. The number of aliphatic carboxylic acids is 2. The standard InChI is InChI=1S/C12H14N2O5/c15-10(16)7-14(8-11(17)18)12(19)13-6-9-4-2-1-3-5-9/h1-5H,6-8H2,(H,13,19)(H,15,16)(H,17,18). The van der Waals surface area contributed by atoms with Gasteiger partial charge in [-0.05, 0) is 5.56 Å². The van der Waals surface area contributed by atoms with Crippen LogP contribution < -0.4 is 5.32 Å². The summed E-state index contributed by atoms with van der Waals surface area (Å²) in [6.07, 6.45) is 0. The maximum absolute atomic E-state index is 11.7. The van der Waals surface area contributed by atoms with Crippen LogP contribution in [-0.4, -0.2) is 46.2 Å². The quantitative estimate of drug-likeness (QED) is 0.689. The Hall–Kier alpha value is -2.57. The zero-order chi connectivity index (χ0) is 14.3. The van der Waals surface area contributed by atoms with Crippen LogP contribution in [0.4, 0.5) is 4.79 Å². The molecule has 1 rings (SSSR count). The molecular formula is C12H14N2O5. The van der Waals surface area contributed by atoms with Crippen LogP contribution in [0.5, 0.6) is 0 Å². The molecule has 0 aliphatic carbocycles. The molecule has 1 aromatic rings. The van der Waals surface area contributed by atoms with Gasteiger partial charge in [0.15, 0.2) is 0 Å². The van der Waals surface area contributed by atoms with E-state index in [1.165, 1.54) is 0 Å². The van der Waals surface area contributed by atoms with Gasteiger partial charge in [-0.25, -0.2) is 4.79 Å². The van der Waals surface area contributed by atoms with Crippen molar-refractivity contribution in [3.63, 3.8) is 0 Å². The number of nitrogens with one attached hydrogen (secondary N) is 1. The molecule has 0 bridgehead atoms. The van der Waals surface area contributed by atoms with E-state index in [1.54, 1.807) is 24.3 Å². The lowest BCUT2D eigenvalue weighted by molar-refractivity contribution is -0.140. The number of nitrogens with zero attached hydrogens (tertiary/aromatic N) is 1. The molecular weight excluding hydrogens is 252 g/mol. The summed E-state index contributed by atoms with van der Waals surface area (Å²) in [5, 5.41) is 19.7. The highest BCUT2D eigenvalue weighted by molar-refractivity contribution is 5.84. The molecule has 0 fully saturated rings. The van der Waals surface area contributed by atoms with Crippen LogP contribution >= 0.6 is 0 Å². The van der Waals surface area contributed by atoms with Crippen molar-refractivity contribution < 1.29 is 24.6 Å². The molecule has 0 aromatic heterocycles.